The molecule has 1 aromatic carbocycles. The number of benzene rings is 1. The summed E-state index contributed by atoms with van der Waals surface area (Å²) >= 11 is 12.4. The Labute approximate surface area is 141 Å². The van der Waals surface area contributed by atoms with Crippen molar-refractivity contribution in [2.75, 3.05) is 33.4 Å². The number of rotatable bonds is 6. The molecule has 1 aliphatic rings. The second kappa shape index (κ2) is 8.16. The zero-order valence-corrected chi connectivity index (χ0v) is 14.3. The van der Waals surface area contributed by atoms with Crippen LogP contribution in [-0.4, -0.2) is 39.3 Å². The standard InChI is InChI=1S/C16H22Cl2N2O2/c1-19-7-4-15(21)20-11-16(5-8-22-9-6-16)13-3-2-12(17)10-14(13)18/h2-3,10,19H,4-9,11H2,1H3,(H,20,21). The zero-order chi connectivity index (χ0) is 16.0. The molecule has 1 heterocycles. The average molecular weight is 345 g/mol. The molecule has 2 N–H and O–H groups in total. The van der Waals surface area contributed by atoms with Crippen LogP contribution in [0.1, 0.15) is 24.8 Å². The quantitative estimate of drug-likeness (QED) is 0.834. The van der Waals surface area contributed by atoms with Crippen LogP contribution in [0.25, 0.3) is 0 Å². The summed E-state index contributed by atoms with van der Waals surface area (Å²) in [6.07, 6.45) is 2.14. The van der Waals surface area contributed by atoms with Crippen LogP contribution in [0.4, 0.5) is 0 Å². The van der Waals surface area contributed by atoms with E-state index in [1.807, 2.05) is 19.2 Å². The molecule has 0 spiro atoms. The molecule has 1 aromatic rings. The summed E-state index contributed by atoms with van der Waals surface area (Å²) in [4.78, 5) is 11.9. The highest BCUT2D eigenvalue weighted by Crippen LogP contribution is 2.39. The van der Waals surface area contributed by atoms with Crippen molar-refractivity contribution in [3.05, 3.63) is 33.8 Å². The molecule has 0 bridgehead atoms. The molecule has 22 heavy (non-hydrogen) atoms. The summed E-state index contributed by atoms with van der Waals surface area (Å²) < 4.78 is 5.49. The molecular weight excluding hydrogens is 323 g/mol. The summed E-state index contributed by atoms with van der Waals surface area (Å²) in [5, 5.41) is 7.29. The van der Waals surface area contributed by atoms with Gasteiger partial charge in [-0.2, -0.15) is 0 Å². The van der Waals surface area contributed by atoms with Gasteiger partial charge in [-0.05, 0) is 37.6 Å². The van der Waals surface area contributed by atoms with Crippen LogP contribution in [0, 0.1) is 0 Å². The van der Waals surface area contributed by atoms with Crippen LogP contribution in [0.5, 0.6) is 0 Å². The van der Waals surface area contributed by atoms with Gasteiger partial charge in [0.05, 0.1) is 0 Å². The Kier molecular flexibility index (Phi) is 6.50. The minimum atomic E-state index is -0.185. The largest absolute Gasteiger partial charge is 0.381 e. The van der Waals surface area contributed by atoms with Crippen LogP contribution in [-0.2, 0) is 14.9 Å². The summed E-state index contributed by atoms with van der Waals surface area (Å²) in [6, 6.07) is 5.58. The second-order valence-electron chi connectivity index (χ2n) is 5.65. The number of hydrogen-bond acceptors (Lipinski definition) is 3. The van der Waals surface area contributed by atoms with Gasteiger partial charge in [-0.1, -0.05) is 29.3 Å². The molecule has 4 nitrogen and oxygen atoms in total. The molecule has 1 aliphatic heterocycles. The van der Waals surface area contributed by atoms with E-state index in [0.29, 0.717) is 42.8 Å². The first-order valence-corrected chi connectivity index (χ1v) is 8.27. The number of carbonyl (C=O) groups excluding carboxylic acids is 1. The first kappa shape index (κ1) is 17.5. The Hall–Kier alpha value is -0.810. The van der Waals surface area contributed by atoms with Gasteiger partial charge in [-0.25, -0.2) is 0 Å². The van der Waals surface area contributed by atoms with Gasteiger partial charge in [0, 0.05) is 48.2 Å². The van der Waals surface area contributed by atoms with Gasteiger partial charge in [0.25, 0.3) is 0 Å². The molecule has 122 valence electrons. The second-order valence-corrected chi connectivity index (χ2v) is 6.49. The van der Waals surface area contributed by atoms with Gasteiger partial charge in [0.2, 0.25) is 5.91 Å². The Balaban J connectivity index is 2.15. The fourth-order valence-electron chi connectivity index (χ4n) is 2.82. The van der Waals surface area contributed by atoms with Gasteiger partial charge in [0.15, 0.2) is 0 Å². The number of hydrogen-bond donors (Lipinski definition) is 2. The number of carbonyl (C=O) groups is 1. The van der Waals surface area contributed by atoms with Crippen LogP contribution in [0.15, 0.2) is 18.2 Å². The lowest BCUT2D eigenvalue weighted by Crippen LogP contribution is -2.45. The highest BCUT2D eigenvalue weighted by atomic mass is 35.5. The van der Waals surface area contributed by atoms with Crippen molar-refractivity contribution in [1.29, 1.82) is 0 Å². The smallest absolute Gasteiger partial charge is 0.221 e. The number of nitrogens with one attached hydrogen (secondary N) is 2. The normalized spacial score (nSPS) is 17.2. The lowest BCUT2D eigenvalue weighted by atomic mass is 9.74. The summed E-state index contributed by atoms with van der Waals surface area (Å²) in [6.45, 7) is 2.58. The SMILES string of the molecule is CNCCC(=O)NCC1(c2ccc(Cl)cc2Cl)CCOCC1. The number of halogens is 2. The summed E-state index contributed by atoms with van der Waals surface area (Å²) in [7, 11) is 1.83. The van der Waals surface area contributed by atoms with E-state index in [9.17, 15) is 4.79 Å². The highest BCUT2D eigenvalue weighted by Gasteiger charge is 2.36. The van der Waals surface area contributed by atoms with Gasteiger partial charge < -0.3 is 15.4 Å². The van der Waals surface area contributed by atoms with Gasteiger partial charge in [-0.3, -0.25) is 4.79 Å². The molecular formula is C16H22Cl2N2O2. The minimum absolute atomic E-state index is 0.0466. The van der Waals surface area contributed by atoms with E-state index < -0.39 is 0 Å². The molecule has 0 aliphatic carbocycles. The van der Waals surface area contributed by atoms with Crippen molar-refractivity contribution in [1.82, 2.24) is 10.6 Å². The maximum atomic E-state index is 11.9. The van der Waals surface area contributed by atoms with Crippen LogP contribution < -0.4 is 10.6 Å². The molecule has 0 unspecified atom stereocenters. The fraction of sp³-hybridized carbons (Fsp3) is 0.562. The molecule has 2 rings (SSSR count). The van der Waals surface area contributed by atoms with E-state index in [2.05, 4.69) is 10.6 Å². The van der Waals surface area contributed by atoms with Crippen LogP contribution in [0.3, 0.4) is 0 Å². The molecule has 1 amide bonds. The Morgan fingerprint density at radius 1 is 1.32 bits per heavy atom. The van der Waals surface area contributed by atoms with Gasteiger partial charge >= 0.3 is 0 Å². The summed E-state index contributed by atoms with van der Waals surface area (Å²) in [5.74, 6) is 0.0466. The van der Waals surface area contributed by atoms with Crippen molar-refractivity contribution >= 4 is 29.1 Å². The maximum Gasteiger partial charge on any atom is 0.221 e. The summed E-state index contributed by atoms with van der Waals surface area (Å²) in [5.41, 5.74) is 0.852. The Morgan fingerprint density at radius 2 is 2.05 bits per heavy atom. The van der Waals surface area contributed by atoms with E-state index in [-0.39, 0.29) is 11.3 Å². The van der Waals surface area contributed by atoms with Crippen molar-refractivity contribution in [2.45, 2.75) is 24.7 Å². The van der Waals surface area contributed by atoms with Crippen molar-refractivity contribution in [2.24, 2.45) is 0 Å². The van der Waals surface area contributed by atoms with Gasteiger partial charge in [0.1, 0.15) is 0 Å². The first-order valence-electron chi connectivity index (χ1n) is 7.52. The van der Waals surface area contributed by atoms with E-state index in [1.165, 1.54) is 0 Å². The van der Waals surface area contributed by atoms with Crippen LogP contribution >= 0.6 is 23.2 Å². The minimum Gasteiger partial charge on any atom is -0.381 e. The average Bonchev–Trinajstić information content (AvgIpc) is 2.51. The monoisotopic (exact) mass is 344 g/mol. The topological polar surface area (TPSA) is 50.4 Å². The van der Waals surface area contributed by atoms with E-state index >= 15 is 0 Å². The third-order valence-corrected chi connectivity index (χ3v) is 4.73. The third-order valence-electron chi connectivity index (χ3n) is 4.18. The Morgan fingerprint density at radius 3 is 2.68 bits per heavy atom. The third kappa shape index (κ3) is 4.35. The number of amides is 1. The van der Waals surface area contributed by atoms with Gasteiger partial charge in [-0.15, -0.1) is 0 Å². The lowest BCUT2D eigenvalue weighted by Gasteiger charge is -2.38. The molecule has 0 aromatic heterocycles. The fourth-order valence-corrected chi connectivity index (χ4v) is 3.43. The highest BCUT2D eigenvalue weighted by molar-refractivity contribution is 6.35. The zero-order valence-electron chi connectivity index (χ0n) is 12.8. The van der Waals surface area contributed by atoms with E-state index in [0.717, 1.165) is 18.4 Å². The molecule has 0 saturated carbocycles. The van der Waals surface area contributed by atoms with Crippen LogP contribution in [0.2, 0.25) is 10.0 Å². The van der Waals surface area contributed by atoms with Crippen molar-refractivity contribution < 1.29 is 9.53 Å². The van der Waals surface area contributed by atoms with Crippen molar-refractivity contribution in [3.63, 3.8) is 0 Å². The van der Waals surface area contributed by atoms with E-state index in [1.54, 1.807) is 6.07 Å². The van der Waals surface area contributed by atoms with E-state index in [4.69, 9.17) is 27.9 Å². The molecule has 1 fully saturated rings. The Bertz CT molecular complexity index is 517. The molecule has 0 atom stereocenters. The lowest BCUT2D eigenvalue weighted by molar-refractivity contribution is -0.121. The molecule has 1 saturated heterocycles. The van der Waals surface area contributed by atoms with Crippen molar-refractivity contribution in [3.8, 4) is 0 Å². The molecule has 0 radical (unpaired) electrons. The predicted molar refractivity (Wildman–Crippen MR) is 89.7 cm³/mol. The number of ether oxygens (including phenoxy) is 1. The maximum absolute atomic E-state index is 11.9. The first-order chi connectivity index (χ1) is 10.6. The molecule has 6 heteroatoms. The predicted octanol–water partition coefficient (Wildman–Crippen LogP) is 2.77.